The highest BCUT2D eigenvalue weighted by Crippen LogP contribution is 2.15. The van der Waals surface area contributed by atoms with Crippen LogP contribution in [0.2, 0.25) is 0 Å². The van der Waals surface area contributed by atoms with Crippen LogP contribution >= 0.6 is 0 Å². The SMILES string of the molecule is CC(=CC(=O)c1c(C)[nH]n(-c2ccc([N+](=O)[O-])cc2)c1=O)Nc1ccc(C)cc1. The molecule has 0 aliphatic carbocycles. The summed E-state index contributed by atoms with van der Waals surface area (Å²) >= 11 is 0. The third-order valence-electron chi connectivity index (χ3n) is 4.38. The van der Waals surface area contributed by atoms with Crippen molar-refractivity contribution in [2.45, 2.75) is 20.8 Å². The van der Waals surface area contributed by atoms with Gasteiger partial charge in [0.2, 0.25) is 0 Å². The smallest absolute Gasteiger partial charge is 0.282 e. The molecule has 0 amide bonds. The Morgan fingerprint density at radius 1 is 1.10 bits per heavy atom. The fourth-order valence-corrected chi connectivity index (χ4v) is 2.91. The second-order valence-electron chi connectivity index (χ2n) is 6.71. The Labute approximate surface area is 166 Å². The predicted octanol–water partition coefficient (Wildman–Crippen LogP) is 3.89. The van der Waals surface area contributed by atoms with Gasteiger partial charge >= 0.3 is 0 Å². The number of benzene rings is 2. The lowest BCUT2D eigenvalue weighted by Crippen LogP contribution is -2.20. The molecule has 0 aliphatic heterocycles. The van der Waals surface area contributed by atoms with Crippen molar-refractivity contribution in [1.82, 2.24) is 9.78 Å². The number of nitro benzene ring substituents is 1. The number of rotatable bonds is 6. The highest BCUT2D eigenvalue weighted by molar-refractivity contribution is 6.05. The monoisotopic (exact) mass is 392 g/mol. The largest absolute Gasteiger partial charge is 0.359 e. The number of nitrogens with zero attached hydrogens (tertiary/aromatic N) is 2. The Morgan fingerprint density at radius 3 is 2.31 bits per heavy atom. The molecule has 3 rings (SSSR count). The number of carbonyl (C=O) groups excluding carboxylic acids is 1. The quantitative estimate of drug-likeness (QED) is 0.286. The zero-order chi connectivity index (χ0) is 21.1. The average molecular weight is 392 g/mol. The summed E-state index contributed by atoms with van der Waals surface area (Å²) in [6, 6.07) is 13.2. The Hall–Kier alpha value is -3.94. The van der Waals surface area contributed by atoms with Gasteiger partial charge in [-0.25, -0.2) is 4.68 Å². The van der Waals surface area contributed by atoms with Crippen molar-refractivity contribution in [2.75, 3.05) is 5.32 Å². The van der Waals surface area contributed by atoms with Gasteiger partial charge in [0.25, 0.3) is 11.2 Å². The minimum absolute atomic E-state index is 0.0217. The van der Waals surface area contributed by atoms with Crippen molar-refractivity contribution in [2.24, 2.45) is 0 Å². The lowest BCUT2D eigenvalue weighted by molar-refractivity contribution is -0.384. The molecule has 148 valence electrons. The van der Waals surface area contributed by atoms with E-state index in [0.717, 1.165) is 11.3 Å². The van der Waals surface area contributed by atoms with Gasteiger partial charge in [-0.1, -0.05) is 17.7 Å². The maximum atomic E-state index is 12.8. The van der Waals surface area contributed by atoms with Gasteiger partial charge in [-0.2, -0.15) is 0 Å². The van der Waals surface area contributed by atoms with E-state index in [2.05, 4.69) is 10.4 Å². The van der Waals surface area contributed by atoms with Gasteiger partial charge < -0.3 is 5.32 Å². The number of H-pyrrole nitrogens is 1. The molecule has 0 fully saturated rings. The summed E-state index contributed by atoms with van der Waals surface area (Å²) in [6.45, 7) is 5.36. The first-order valence-electron chi connectivity index (χ1n) is 8.89. The van der Waals surface area contributed by atoms with Crippen LogP contribution in [-0.4, -0.2) is 20.5 Å². The van der Waals surface area contributed by atoms with Gasteiger partial charge in [0.15, 0.2) is 5.78 Å². The van der Waals surface area contributed by atoms with Crippen LogP contribution in [-0.2, 0) is 0 Å². The first-order chi connectivity index (χ1) is 13.8. The van der Waals surface area contributed by atoms with Crippen LogP contribution in [0.4, 0.5) is 11.4 Å². The average Bonchev–Trinajstić information content (AvgIpc) is 2.98. The van der Waals surface area contributed by atoms with E-state index in [9.17, 15) is 19.7 Å². The number of ketones is 1. The molecular formula is C21H20N4O4. The lowest BCUT2D eigenvalue weighted by Gasteiger charge is -2.06. The van der Waals surface area contributed by atoms with Crippen LogP contribution in [0.1, 0.15) is 28.5 Å². The van der Waals surface area contributed by atoms with Crippen molar-refractivity contribution in [1.29, 1.82) is 0 Å². The first-order valence-corrected chi connectivity index (χ1v) is 8.89. The van der Waals surface area contributed by atoms with Crippen LogP contribution in [0, 0.1) is 24.0 Å². The second kappa shape index (κ2) is 7.97. The van der Waals surface area contributed by atoms with Crippen LogP contribution in [0.3, 0.4) is 0 Å². The predicted molar refractivity (Wildman–Crippen MR) is 111 cm³/mol. The van der Waals surface area contributed by atoms with Crippen molar-refractivity contribution in [3.05, 3.63) is 97.6 Å². The van der Waals surface area contributed by atoms with Gasteiger partial charge in [0, 0.05) is 35.3 Å². The lowest BCUT2D eigenvalue weighted by atomic mass is 10.1. The molecule has 0 spiro atoms. The number of aryl methyl sites for hydroxylation is 2. The van der Waals surface area contributed by atoms with Crippen LogP contribution in [0.15, 0.2) is 65.1 Å². The number of nitrogens with one attached hydrogen (secondary N) is 2. The zero-order valence-corrected chi connectivity index (χ0v) is 16.2. The summed E-state index contributed by atoms with van der Waals surface area (Å²) < 4.78 is 1.20. The third-order valence-corrected chi connectivity index (χ3v) is 4.38. The molecule has 0 aliphatic rings. The molecule has 0 unspecified atom stereocenters. The van der Waals surface area contributed by atoms with E-state index in [1.165, 1.54) is 35.0 Å². The third kappa shape index (κ3) is 4.32. The molecule has 2 aromatic carbocycles. The second-order valence-corrected chi connectivity index (χ2v) is 6.71. The summed E-state index contributed by atoms with van der Waals surface area (Å²) in [5, 5.41) is 16.8. The van der Waals surface area contributed by atoms with E-state index < -0.39 is 16.3 Å². The van der Waals surface area contributed by atoms with Crippen LogP contribution in [0.25, 0.3) is 5.69 Å². The molecule has 29 heavy (non-hydrogen) atoms. The molecule has 1 heterocycles. The van der Waals surface area contributed by atoms with Crippen molar-refractivity contribution < 1.29 is 9.72 Å². The number of non-ortho nitro benzene ring substituents is 1. The number of aromatic amines is 1. The number of allylic oxidation sites excluding steroid dienone is 2. The zero-order valence-electron chi connectivity index (χ0n) is 16.2. The number of anilines is 1. The molecular weight excluding hydrogens is 372 g/mol. The molecule has 0 radical (unpaired) electrons. The van der Waals surface area contributed by atoms with E-state index in [-0.39, 0.29) is 11.3 Å². The molecule has 0 atom stereocenters. The van der Waals surface area contributed by atoms with Gasteiger partial charge in [0.05, 0.1) is 10.6 Å². The maximum Gasteiger partial charge on any atom is 0.282 e. The maximum absolute atomic E-state index is 12.8. The fraction of sp³-hybridized carbons (Fsp3) is 0.143. The Kier molecular flexibility index (Phi) is 5.45. The number of hydrogen-bond acceptors (Lipinski definition) is 5. The molecule has 0 bridgehead atoms. The van der Waals surface area contributed by atoms with Gasteiger partial charge in [0.1, 0.15) is 5.56 Å². The highest BCUT2D eigenvalue weighted by Gasteiger charge is 2.18. The summed E-state index contributed by atoms with van der Waals surface area (Å²) in [4.78, 5) is 35.7. The summed E-state index contributed by atoms with van der Waals surface area (Å²) in [6.07, 6.45) is 1.37. The van der Waals surface area contributed by atoms with Crippen molar-refractivity contribution >= 4 is 17.2 Å². The number of aromatic nitrogens is 2. The Balaban J connectivity index is 1.87. The van der Waals surface area contributed by atoms with Gasteiger partial charge in [-0.3, -0.25) is 24.8 Å². The summed E-state index contributed by atoms with van der Waals surface area (Å²) in [5.74, 6) is -0.429. The Morgan fingerprint density at radius 2 is 1.72 bits per heavy atom. The minimum atomic E-state index is -0.518. The minimum Gasteiger partial charge on any atom is -0.359 e. The molecule has 0 saturated heterocycles. The van der Waals surface area contributed by atoms with E-state index in [4.69, 9.17) is 0 Å². The standard InChI is InChI=1S/C21H20N4O4/c1-13-4-6-16(7-5-13)22-14(2)12-19(26)20-15(3)23-24(21(20)27)17-8-10-18(11-9-17)25(28)29/h4-12,22-23H,1-3H3. The number of carbonyl (C=O) groups is 1. The molecule has 3 aromatic rings. The molecule has 1 aromatic heterocycles. The Bertz CT molecular complexity index is 1150. The normalized spacial score (nSPS) is 11.3. The summed E-state index contributed by atoms with van der Waals surface area (Å²) in [5.41, 5.74) is 2.81. The summed E-state index contributed by atoms with van der Waals surface area (Å²) in [7, 11) is 0. The molecule has 8 nitrogen and oxygen atoms in total. The molecule has 8 heteroatoms. The fourth-order valence-electron chi connectivity index (χ4n) is 2.91. The number of hydrogen-bond donors (Lipinski definition) is 2. The van der Waals surface area contributed by atoms with E-state index in [1.807, 2.05) is 31.2 Å². The van der Waals surface area contributed by atoms with Crippen LogP contribution < -0.4 is 10.9 Å². The topological polar surface area (TPSA) is 110 Å². The van der Waals surface area contributed by atoms with Crippen LogP contribution in [0.5, 0.6) is 0 Å². The van der Waals surface area contributed by atoms with E-state index in [0.29, 0.717) is 17.1 Å². The van der Waals surface area contributed by atoms with Crippen molar-refractivity contribution in [3.8, 4) is 5.69 Å². The molecule has 2 N–H and O–H groups in total. The van der Waals surface area contributed by atoms with Gasteiger partial charge in [-0.05, 0) is 45.0 Å². The molecule has 0 saturated carbocycles. The van der Waals surface area contributed by atoms with E-state index >= 15 is 0 Å². The highest BCUT2D eigenvalue weighted by atomic mass is 16.6. The van der Waals surface area contributed by atoms with E-state index in [1.54, 1.807) is 13.8 Å². The first kappa shape index (κ1) is 19.8. The van der Waals surface area contributed by atoms with Gasteiger partial charge in [-0.15, -0.1) is 0 Å². The van der Waals surface area contributed by atoms with Crippen molar-refractivity contribution in [3.63, 3.8) is 0 Å². The number of nitro groups is 1.